The molecule has 0 saturated carbocycles. The molecule has 6 heteroatoms. The molecule has 1 N–H and O–H groups in total. The minimum absolute atomic E-state index is 0.124. The lowest BCUT2D eigenvalue weighted by molar-refractivity contribution is -0.222. The summed E-state index contributed by atoms with van der Waals surface area (Å²) in [5.74, 6) is -2.61. The highest BCUT2D eigenvalue weighted by atomic mass is 16.7. The molecule has 6 nitrogen and oxygen atoms in total. The first kappa shape index (κ1) is 14.1. The van der Waals surface area contributed by atoms with Crippen molar-refractivity contribution in [1.82, 2.24) is 9.97 Å². The molecular formula is C16H14N2O4. The number of cyclic esters (lactones) is 2. The molecule has 0 amide bonds. The second kappa shape index (κ2) is 5.14. The van der Waals surface area contributed by atoms with Crippen molar-refractivity contribution in [3.05, 3.63) is 47.9 Å². The van der Waals surface area contributed by atoms with E-state index in [0.29, 0.717) is 5.56 Å². The number of hydrogen-bond acceptors (Lipinski definition) is 5. The number of H-pyrrole nitrogens is 1. The monoisotopic (exact) mass is 298 g/mol. The number of hydrogen-bond donors (Lipinski definition) is 1. The van der Waals surface area contributed by atoms with Crippen molar-refractivity contribution in [3.63, 3.8) is 0 Å². The predicted octanol–water partition coefficient (Wildman–Crippen LogP) is 2.30. The van der Waals surface area contributed by atoms with Crippen LogP contribution in [-0.4, -0.2) is 27.7 Å². The summed E-state index contributed by atoms with van der Waals surface area (Å²) in [5, 5.41) is 0. The summed E-state index contributed by atoms with van der Waals surface area (Å²) in [6, 6.07) is 7.34. The Morgan fingerprint density at radius 3 is 2.55 bits per heavy atom. The van der Waals surface area contributed by atoms with Crippen molar-refractivity contribution in [1.29, 1.82) is 0 Å². The molecule has 1 aliphatic heterocycles. The number of carbonyl (C=O) groups is 2. The molecule has 112 valence electrons. The first-order valence-corrected chi connectivity index (χ1v) is 6.72. The Balaban J connectivity index is 1.94. The lowest BCUT2D eigenvalue weighted by Gasteiger charge is -2.29. The molecule has 22 heavy (non-hydrogen) atoms. The molecule has 1 aromatic heterocycles. The van der Waals surface area contributed by atoms with Crippen LogP contribution in [-0.2, 0) is 19.1 Å². The average Bonchev–Trinajstić information content (AvgIpc) is 2.96. The van der Waals surface area contributed by atoms with Gasteiger partial charge < -0.3 is 14.5 Å². The average molecular weight is 298 g/mol. The topological polar surface area (TPSA) is 81.3 Å². The maximum atomic E-state index is 11.9. The van der Waals surface area contributed by atoms with Crippen molar-refractivity contribution < 1.29 is 19.1 Å². The molecule has 0 aliphatic carbocycles. The van der Waals surface area contributed by atoms with Gasteiger partial charge in [-0.15, -0.1) is 0 Å². The van der Waals surface area contributed by atoms with Gasteiger partial charge in [-0.05, 0) is 17.7 Å². The molecule has 0 unspecified atom stereocenters. The first-order chi connectivity index (χ1) is 10.4. The number of nitrogens with zero attached hydrogens (tertiary/aromatic N) is 1. The normalized spacial score (nSPS) is 16.9. The van der Waals surface area contributed by atoms with Crippen molar-refractivity contribution >= 4 is 18.0 Å². The number of aromatic amines is 1. The molecule has 1 saturated heterocycles. The predicted molar refractivity (Wildman–Crippen MR) is 78.3 cm³/mol. The summed E-state index contributed by atoms with van der Waals surface area (Å²) >= 11 is 0. The van der Waals surface area contributed by atoms with Gasteiger partial charge in [0.1, 0.15) is 5.57 Å². The smallest absolute Gasteiger partial charge is 0.348 e. The second-order valence-electron chi connectivity index (χ2n) is 5.33. The van der Waals surface area contributed by atoms with Crippen LogP contribution in [0.2, 0.25) is 0 Å². The number of ether oxygens (including phenoxy) is 2. The van der Waals surface area contributed by atoms with Gasteiger partial charge in [-0.3, -0.25) is 0 Å². The van der Waals surface area contributed by atoms with E-state index in [1.54, 1.807) is 18.6 Å². The maximum absolute atomic E-state index is 11.9. The third kappa shape index (κ3) is 2.76. The first-order valence-electron chi connectivity index (χ1n) is 6.72. The summed E-state index contributed by atoms with van der Waals surface area (Å²) in [6.07, 6.45) is 4.73. The molecule has 1 aromatic carbocycles. The fraction of sp³-hybridized carbons (Fsp3) is 0.188. The maximum Gasteiger partial charge on any atom is 0.348 e. The Morgan fingerprint density at radius 1 is 1.18 bits per heavy atom. The van der Waals surface area contributed by atoms with Gasteiger partial charge in [-0.25, -0.2) is 14.6 Å². The summed E-state index contributed by atoms with van der Waals surface area (Å²) in [7, 11) is 0. The van der Waals surface area contributed by atoms with Crippen LogP contribution in [0.25, 0.3) is 17.3 Å². The lowest BCUT2D eigenvalue weighted by atomic mass is 10.1. The molecule has 2 heterocycles. The quantitative estimate of drug-likeness (QED) is 0.522. The number of aromatic nitrogens is 2. The zero-order chi connectivity index (χ0) is 15.7. The number of carbonyl (C=O) groups excluding carboxylic acids is 2. The number of imidazole rings is 1. The highest BCUT2D eigenvalue weighted by molar-refractivity contribution is 6.18. The van der Waals surface area contributed by atoms with Crippen molar-refractivity contribution in [3.8, 4) is 11.3 Å². The Kier molecular flexibility index (Phi) is 3.29. The van der Waals surface area contributed by atoms with E-state index in [1.165, 1.54) is 19.9 Å². The van der Waals surface area contributed by atoms with Crippen molar-refractivity contribution in [2.75, 3.05) is 0 Å². The van der Waals surface area contributed by atoms with Crippen LogP contribution in [0.4, 0.5) is 0 Å². The summed E-state index contributed by atoms with van der Waals surface area (Å²) < 4.78 is 10.1. The third-order valence-corrected chi connectivity index (χ3v) is 3.12. The van der Waals surface area contributed by atoms with Crippen LogP contribution in [0.15, 0.2) is 42.4 Å². The van der Waals surface area contributed by atoms with Crippen LogP contribution in [0.5, 0.6) is 0 Å². The van der Waals surface area contributed by atoms with Crippen LogP contribution < -0.4 is 0 Å². The van der Waals surface area contributed by atoms with E-state index in [-0.39, 0.29) is 5.57 Å². The molecular weight excluding hydrogens is 284 g/mol. The van der Waals surface area contributed by atoms with Crippen LogP contribution in [0.3, 0.4) is 0 Å². The highest BCUT2D eigenvalue weighted by Gasteiger charge is 2.38. The number of rotatable bonds is 2. The standard InChI is InChI=1S/C16H14N2O4/c1-16(2)21-14(19)12(15(20)22-16)7-10-4-3-5-11(6-10)13-8-17-9-18-13/h3-9H,1-2H3,(H,17,18). The Bertz CT molecular complexity index is 738. The number of nitrogens with one attached hydrogen (secondary N) is 1. The molecule has 1 aliphatic rings. The summed E-state index contributed by atoms with van der Waals surface area (Å²) in [4.78, 5) is 30.8. The minimum atomic E-state index is -1.23. The van der Waals surface area contributed by atoms with E-state index in [9.17, 15) is 9.59 Å². The fourth-order valence-corrected chi connectivity index (χ4v) is 2.15. The third-order valence-electron chi connectivity index (χ3n) is 3.12. The molecule has 3 rings (SSSR count). The summed E-state index contributed by atoms with van der Waals surface area (Å²) in [5.41, 5.74) is 2.30. The zero-order valence-electron chi connectivity index (χ0n) is 12.1. The van der Waals surface area contributed by atoms with Crippen LogP contribution in [0.1, 0.15) is 19.4 Å². The molecule has 0 atom stereocenters. The fourth-order valence-electron chi connectivity index (χ4n) is 2.15. The van der Waals surface area contributed by atoms with Gasteiger partial charge in [0, 0.05) is 19.4 Å². The van der Waals surface area contributed by atoms with Gasteiger partial charge in [0.15, 0.2) is 0 Å². The van der Waals surface area contributed by atoms with E-state index in [4.69, 9.17) is 9.47 Å². The Hall–Kier alpha value is -2.89. The molecule has 0 bridgehead atoms. The van der Waals surface area contributed by atoms with Gasteiger partial charge in [-0.2, -0.15) is 0 Å². The van der Waals surface area contributed by atoms with Crippen molar-refractivity contribution in [2.24, 2.45) is 0 Å². The molecule has 0 radical (unpaired) electrons. The van der Waals surface area contributed by atoms with Gasteiger partial charge in [-0.1, -0.05) is 18.2 Å². The Morgan fingerprint density at radius 2 is 1.91 bits per heavy atom. The van der Waals surface area contributed by atoms with Crippen molar-refractivity contribution in [2.45, 2.75) is 19.6 Å². The second-order valence-corrected chi connectivity index (χ2v) is 5.33. The van der Waals surface area contributed by atoms with E-state index < -0.39 is 17.7 Å². The van der Waals surface area contributed by atoms with E-state index in [2.05, 4.69) is 9.97 Å². The summed E-state index contributed by atoms with van der Waals surface area (Å²) in [6.45, 7) is 3.02. The zero-order valence-corrected chi connectivity index (χ0v) is 12.1. The number of esters is 2. The van der Waals surface area contributed by atoms with Gasteiger partial charge in [0.05, 0.1) is 18.2 Å². The van der Waals surface area contributed by atoms with E-state index in [0.717, 1.165) is 11.3 Å². The van der Waals surface area contributed by atoms with Gasteiger partial charge in [0.25, 0.3) is 5.79 Å². The molecule has 2 aromatic rings. The van der Waals surface area contributed by atoms with E-state index >= 15 is 0 Å². The lowest BCUT2D eigenvalue weighted by Crippen LogP contribution is -2.41. The SMILES string of the molecule is CC1(C)OC(=O)C(=Cc2cccc(-c3cnc[nH]3)c2)C(=O)O1. The van der Waals surface area contributed by atoms with Crippen LogP contribution >= 0.6 is 0 Å². The number of benzene rings is 1. The Labute approximate surface area is 126 Å². The van der Waals surface area contributed by atoms with Gasteiger partial charge in [0.2, 0.25) is 0 Å². The highest BCUT2D eigenvalue weighted by Crippen LogP contribution is 2.25. The van der Waals surface area contributed by atoms with Gasteiger partial charge >= 0.3 is 11.9 Å². The van der Waals surface area contributed by atoms with E-state index in [1.807, 2.05) is 18.2 Å². The molecule has 1 fully saturated rings. The largest absolute Gasteiger partial charge is 0.419 e. The molecule has 0 spiro atoms. The minimum Gasteiger partial charge on any atom is -0.419 e. The van der Waals surface area contributed by atoms with Crippen LogP contribution in [0, 0.1) is 0 Å².